The van der Waals surface area contributed by atoms with E-state index in [4.69, 9.17) is 20.9 Å². The molecule has 0 radical (unpaired) electrons. The molecule has 1 N–H and O–H groups in total. The van der Waals surface area contributed by atoms with Crippen LogP contribution in [-0.4, -0.2) is 40.8 Å². The lowest BCUT2D eigenvalue weighted by atomic mass is 10.0. The quantitative estimate of drug-likeness (QED) is 0.597. The summed E-state index contributed by atoms with van der Waals surface area (Å²) >= 11 is 6.19. The summed E-state index contributed by atoms with van der Waals surface area (Å²) in [4.78, 5) is 6.91. The second-order valence-electron chi connectivity index (χ2n) is 7.18. The van der Waals surface area contributed by atoms with Crippen LogP contribution in [0.5, 0.6) is 5.75 Å². The molecule has 1 saturated heterocycles. The number of nitrogens with one attached hydrogen (secondary N) is 1. The van der Waals surface area contributed by atoms with Crippen molar-refractivity contribution >= 4 is 17.6 Å². The van der Waals surface area contributed by atoms with Gasteiger partial charge in [-0.25, -0.2) is 0 Å². The molecule has 1 aliphatic heterocycles. The molecule has 7 heteroatoms. The Balaban J connectivity index is 1.29. The molecule has 6 nitrogen and oxygen atoms in total. The summed E-state index contributed by atoms with van der Waals surface area (Å²) in [5.74, 6) is 1.37. The average molecular weight is 413 g/mol. The minimum absolute atomic E-state index is 0.333. The van der Waals surface area contributed by atoms with Crippen LogP contribution in [0.25, 0.3) is 11.4 Å². The molecule has 152 valence electrons. The van der Waals surface area contributed by atoms with E-state index in [1.165, 1.54) is 5.56 Å². The van der Waals surface area contributed by atoms with Crippen molar-refractivity contribution in [2.45, 2.75) is 32.4 Å². The van der Waals surface area contributed by atoms with Gasteiger partial charge in [0.15, 0.2) is 0 Å². The first kappa shape index (κ1) is 19.7. The number of ether oxygens (including phenoxy) is 1. The molecule has 1 aliphatic rings. The third-order valence-electron chi connectivity index (χ3n) is 5.07. The number of anilines is 1. The minimum Gasteiger partial charge on any atom is -0.492 e. The summed E-state index contributed by atoms with van der Waals surface area (Å²) in [5, 5.41) is 8.12. The Hall–Kier alpha value is -2.57. The summed E-state index contributed by atoms with van der Waals surface area (Å²) in [6.45, 7) is 5.48. The Kier molecular flexibility index (Phi) is 6.32. The molecule has 0 unspecified atom stereocenters. The highest BCUT2D eigenvalue weighted by Gasteiger charge is 2.21. The average Bonchev–Trinajstić information content (AvgIpc) is 3.21. The van der Waals surface area contributed by atoms with Crippen molar-refractivity contribution in [1.82, 2.24) is 15.0 Å². The minimum atomic E-state index is 0.333. The van der Waals surface area contributed by atoms with Crippen molar-refractivity contribution in [3.8, 4) is 17.1 Å². The lowest BCUT2D eigenvalue weighted by Gasteiger charge is -2.32. The molecule has 29 heavy (non-hydrogen) atoms. The van der Waals surface area contributed by atoms with E-state index in [1.54, 1.807) is 0 Å². The highest BCUT2D eigenvalue weighted by atomic mass is 35.5. The number of nitrogens with zero attached hydrogens (tertiary/aromatic N) is 3. The molecule has 1 aromatic heterocycles. The summed E-state index contributed by atoms with van der Waals surface area (Å²) in [6.07, 6.45) is 2.05. The fourth-order valence-corrected chi connectivity index (χ4v) is 3.74. The predicted octanol–water partition coefficient (Wildman–Crippen LogP) is 4.87. The molecule has 0 saturated carbocycles. The Morgan fingerprint density at radius 2 is 1.97 bits per heavy atom. The van der Waals surface area contributed by atoms with Crippen LogP contribution in [0.1, 0.15) is 25.3 Å². The van der Waals surface area contributed by atoms with Gasteiger partial charge in [-0.05, 0) is 37.5 Å². The second-order valence-corrected chi connectivity index (χ2v) is 7.59. The second kappa shape index (κ2) is 9.29. The molecule has 0 spiro atoms. The van der Waals surface area contributed by atoms with Crippen LogP contribution in [0.4, 0.5) is 6.01 Å². The molecule has 0 bridgehead atoms. The maximum atomic E-state index is 6.19. The molecule has 2 heterocycles. The molecule has 1 fully saturated rings. The van der Waals surface area contributed by atoms with E-state index in [-0.39, 0.29) is 0 Å². The third-order valence-corrected chi connectivity index (χ3v) is 5.39. The van der Waals surface area contributed by atoms with Gasteiger partial charge in [0.1, 0.15) is 5.75 Å². The number of hydrogen-bond acceptors (Lipinski definition) is 6. The molecule has 0 aliphatic carbocycles. The molecule has 4 rings (SSSR count). The van der Waals surface area contributed by atoms with Gasteiger partial charge >= 0.3 is 6.01 Å². The normalized spacial score (nSPS) is 15.4. The molecule has 0 atom stereocenters. The summed E-state index contributed by atoms with van der Waals surface area (Å²) < 4.78 is 11.0. The van der Waals surface area contributed by atoms with Crippen molar-refractivity contribution in [3.63, 3.8) is 0 Å². The van der Waals surface area contributed by atoms with E-state index in [1.807, 2.05) is 49.4 Å². The molecule has 0 amide bonds. The van der Waals surface area contributed by atoms with Gasteiger partial charge in [-0.2, -0.15) is 4.98 Å². The molecular weight excluding hydrogens is 388 g/mol. The zero-order valence-corrected chi connectivity index (χ0v) is 17.2. The van der Waals surface area contributed by atoms with Crippen LogP contribution < -0.4 is 10.1 Å². The number of likely N-dealkylation sites (tertiary alicyclic amines) is 1. The standard InChI is InChI=1S/C22H25ClN4O2/c1-2-28-20-14-16(8-9-19(20)23)15-27-12-10-18(11-13-27)24-22-25-21(26-29-22)17-6-4-3-5-7-17/h3-9,14,18H,2,10-13,15H2,1H3,(H,24,25,26). The van der Waals surface area contributed by atoms with Gasteiger partial charge in [0, 0.05) is 31.2 Å². The first-order chi connectivity index (χ1) is 14.2. The van der Waals surface area contributed by atoms with Gasteiger partial charge in [-0.1, -0.05) is 53.2 Å². The first-order valence-corrected chi connectivity index (χ1v) is 10.4. The molecular formula is C22H25ClN4O2. The number of halogens is 1. The SMILES string of the molecule is CCOc1cc(CN2CCC(Nc3nc(-c4ccccc4)no3)CC2)ccc1Cl. The van der Waals surface area contributed by atoms with E-state index >= 15 is 0 Å². The number of aromatic nitrogens is 2. The van der Waals surface area contributed by atoms with E-state index in [9.17, 15) is 0 Å². The Bertz CT molecular complexity index is 924. The van der Waals surface area contributed by atoms with Crippen LogP contribution >= 0.6 is 11.6 Å². The number of rotatable bonds is 7. The van der Waals surface area contributed by atoms with Crippen LogP contribution in [0.15, 0.2) is 53.1 Å². The number of benzene rings is 2. The van der Waals surface area contributed by atoms with Crippen molar-refractivity contribution in [2.24, 2.45) is 0 Å². The lowest BCUT2D eigenvalue weighted by molar-refractivity contribution is 0.209. The molecule has 3 aromatic rings. The number of hydrogen-bond donors (Lipinski definition) is 1. The van der Waals surface area contributed by atoms with Gasteiger partial charge < -0.3 is 14.6 Å². The highest BCUT2D eigenvalue weighted by Crippen LogP contribution is 2.27. The fraction of sp³-hybridized carbons (Fsp3) is 0.364. The first-order valence-electron chi connectivity index (χ1n) is 10.0. The summed E-state index contributed by atoms with van der Waals surface area (Å²) in [6, 6.07) is 16.7. The smallest absolute Gasteiger partial charge is 0.322 e. The Morgan fingerprint density at radius 3 is 2.72 bits per heavy atom. The largest absolute Gasteiger partial charge is 0.492 e. The van der Waals surface area contributed by atoms with Gasteiger partial charge in [0.25, 0.3) is 0 Å². The fourth-order valence-electron chi connectivity index (χ4n) is 3.57. The monoisotopic (exact) mass is 412 g/mol. The van der Waals surface area contributed by atoms with E-state index in [0.29, 0.717) is 29.5 Å². The van der Waals surface area contributed by atoms with Crippen molar-refractivity contribution in [3.05, 3.63) is 59.1 Å². The van der Waals surface area contributed by atoms with Crippen LogP contribution in [0.2, 0.25) is 5.02 Å². The molecule has 2 aromatic carbocycles. The van der Waals surface area contributed by atoms with E-state index in [2.05, 4.69) is 26.4 Å². The number of piperidine rings is 1. The van der Waals surface area contributed by atoms with Crippen molar-refractivity contribution in [2.75, 3.05) is 25.0 Å². The van der Waals surface area contributed by atoms with Crippen molar-refractivity contribution < 1.29 is 9.26 Å². The summed E-state index contributed by atoms with van der Waals surface area (Å²) in [5.41, 5.74) is 2.17. The van der Waals surface area contributed by atoms with Crippen LogP contribution in [-0.2, 0) is 6.54 Å². The van der Waals surface area contributed by atoms with Crippen LogP contribution in [0.3, 0.4) is 0 Å². The van der Waals surface area contributed by atoms with Gasteiger partial charge in [0.2, 0.25) is 5.82 Å². The summed E-state index contributed by atoms with van der Waals surface area (Å²) in [7, 11) is 0. The van der Waals surface area contributed by atoms with Gasteiger partial charge in [0.05, 0.1) is 11.6 Å². The van der Waals surface area contributed by atoms with Gasteiger partial charge in [-0.3, -0.25) is 4.90 Å². The van der Waals surface area contributed by atoms with Gasteiger partial charge in [-0.15, -0.1) is 0 Å². The maximum absolute atomic E-state index is 6.19. The lowest BCUT2D eigenvalue weighted by Crippen LogP contribution is -2.38. The van der Waals surface area contributed by atoms with E-state index < -0.39 is 0 Å². The third kappa shape index (κ3) is 5.08. The zero-order chi connectivity index (χ0) is 20.1. The Morgan fingerprint density at radius 1 is 1.17 bits per heavy atom. The van der Waals surface area contributed by atoms with Crippen molar-refractivity contribution in [1.29, 1.82) is 0 Å². The van der Waals surface area contributed by atoms with E-state index in [0.717, 1.165) is 43.8 Å². The highest BCUT2D eigenvalue weighted by molar-refractivity contribution is 6.32. The Labute approximate surface area is 175 Å². The van der Waals surface area contributed by atoms with Crippen LogP contribution in [0, 0.1) is 0 Å². The zero-order valence-electron chi connectivity index (χ0n) is 16.5. The maximum Gasteiger partial charge on any atom is 0.322 e. The topological polar surface area (TPSA) is 63.4 Å². The predicted molar refractivity (Wildman–Crippen MR) is 114 cm³/mol.